The lowest BCUT2D eigenvalue weighted by molar-refractivity contribution is 0.0702. The first-order valence-corrected chi connectivity index (χ1v) is 8.68. The van der Waals surface area contributed by atoms with E-state index in [9.17, 15) is 13.2 Å². The third-order valence-corrected chi connectivity index (χ3v) is 5.77. The number of benzene rings is 1. The largest absolute Gasteiger partial charge is 0.477 e. The zero-order valence-electron chi connectivity index (χ0n) is 11.4. The average Bonchev–Trinajstić information content (AvgIpc) is 2.92. The molecule has 1 heterocycles. The Labute approximate surface area is 127 Å². The third-order valence-electron chi connectivity index (χ3n) is 2.84. The van der Waals surface area contributed by atoms with Crippen molar-refractivity contribution in [3.05, 3.63) is 46.8 Å². The molecule has 0 amide bonds. The fourth-order valence-corrected chi connectivity index (χ4v) is 4.13. The van der Waals surface area contributed by atoms with Gasteiger partial charge in [-0.15, -0.1) is 11.3 Å². The van der Waals surface area contributed by atoms with E-state index in [1.165, 1.54) is 12.1 Å². The third kappa shape index (κ3) is 3.62. The zero-order chi connectivity index (χ0) is 15.5. The second-order valence-corrected chi connectivity index (χ2v) is 7.43. The van der Waals surface area contributed by atoms with Crippen molar-refractivity contribution in [1.29, 1.82) is 0 Å². The number of anilines is 1. The summed E-state index contributed by atoms with van der Waals surface area (Å²) in [5.41, 5.74) is 1.45. The number of aryl methyl sites for hydroxylation is 1. The van der Waals surface area contributed by atoms with Crippen LogP contribution in [0.3, 0.4) is 0 Å². The molecule has 0 atom stereocenters. The van der Waals surface area contributed by atoms with Crippen molar-refractivity contribution in [1.82, 2.24) is 0 Å². The Kier molecular flexibility index (Phi) is 4.64. The molecule has 112 valence electrons. The number of sulfonamides is 1. The molecule has 0 spiro atoms. The Morgan fingerprint density at radius 1 is 1.24 bits per heavy atom. The zero-order valence-corrected chi connectivity index (χ0v) is 13.0. The van der Waals surface area contributed by atoms with E-state index in [0.717, 1.165) is 29.7 Å². The fourth-order valence-electron chi connectivity index (χ4n) is 1.88. The van der Waals surface area contributed by atoms with Crippen molar-refractivity contribution in [3.63, 3.8) is 0 Å². The van der Waals surface area contributed by atoms with Crippen LogP contribution in [0.1, 0.15) is 28.6 Å². The number of rotatable bonds is 6. The highest BCUT2D eigenvalue weighted by Crippen LogP contribution is 2.26. The van der Waals surface area contributed by atoms with Crippen molar-refractivity contribution in [3.8, 4) is 0 Å². The summed E-state index contributed by atoms with van der Waals surface area (Å²) in [5.74, 6) is -1.13. The van der Waals surface area contributed by atoms with Gasteiger partial charge in [-0.1, -0.05) is 31.5 Å². The number of hydrogen-bond donors (Lipinski definition) is 2. The molecule has 2 rings (SSSR count). The van der Waals surface area contributed by atoms with Gasteiger partial charge < -0.3 is 5.11 Å². The first kappa shape index (κ1) is 15.5. The molecule has 5 nitrogen and oxygen atoms in total. The fraction of sp³-hybridized carbons (Fsp3) is 0.214. The van der Waals surface area contributed by atoms with Gasteiger partial charge in [0, 0.05) is 0 Å². The lowest BCUT2D eigenvalue weighted by atomic mass is 10.1. The maximum atomic E-state index is 12.3. The van der Waals surface area contributed by atoms with Crippen LogP contribution in [-0.4, -0.2) is 19.5 Å². The maximum Gasteiger partial charge on any atom is 0.345 e. The molecule has 1 aromatic heterocycles. The molecular weight excluding hydrogens is 310 g/mol. The smallest absolute Gasteiger partial charge is 0.345 e. The van der Waals surface area contributed by atoms with E-state index in [-0.39, 0.29) is 9.09 Å². The molecule has 0 saturated heterocycles. The summed E-state index contributed by atoms with van der Waals surface area (Å²) in [6.45, 7) is 2.02. The topological polar surface area (TPSA) is 83.5 Å². The summed E-state index contributed by atoms with van der Waals surface area (Å²) < 4.78 is 27.1. The molecule has 0 radical (unpaired) electrons. The average molecular weight is 325 g/mol. The highest BCUT2D eigenvalue weighted by molar-refractivity contribution is 7.94. The van der Waals surface area contributed by atoms with Crippen LogP contribution in [-0.2, 0) is 16.4 Å². The number of aromatic carboxylic acids is 1. The molecule has 0 saturated carbocycles. The van der Waals surface area contributed by atoms with Gasteiger partial charge in [-0.05, 0) is 30.2 Å². The predicted molar refractivity (Wildman–Crippen MR) is 82.5 cm³/mol. The molecule has 1 aromatic carbocycles. The standard InChI is InChI=1S/C14H15NO4S2/c1-2-5-10-6-3-4-7-11(10)15-21(18,19)13-9-8-12(20-13)14(16)17/h3-4,6-9,15H,2,5H2,1H3,(H,16,17). The number of nitrogens with one attached hydrogen (secondary N) is 1. The number of carboxylic acid groups (broad SMARTS) is 1. The number of para-hydroxylation sites is 1. The Balaban J connectivity index is 2.30. The van der Waals surface area contributed by atoms with Gasteiger partial charge in [0.1, 0.15) is 9.09 Å². The van der Waals surface area contributed by atoms with E-state index in [0.29, 0.717) is 5.69 Å². The highest BCUT2D eigenvalue weighted by Gasteiger charge is 2.20. The summed E-state index contributed by atoms with van der Waals surface area (Å²) in [7, 11) is -3.76. The predicted octanol–water partition coefficient (Wildman–Crippen LogP) is 3.20. The molecular formula is C14H15NO4S2. The number of thiophene rings is 1. The molecule has 2 aromatic rings. The van der Waals surface area contributed by atoms with Crippen LogP contribution in [0.5, 0.6) is 0 Å². The van der Waals surface area contributed by atoms with Crippen LogP contribution in [0.4, 0.5) is 5.69 Å². The number of carbonyl (C=O) groups is 1. The maximum absolute atomic E-state index is 12.3. The Hall–Kier alpha value is -1.86. The van der Waals surface area contributed by atoms with Crippen LogP contribution in [0.25, 0.3) is 0 Å². The number of hydrogen-bond acceptors (Lipinski definition) is 4. The molecule has 0 aliphatic heterocycles. The van der Waals surface area contributed by atoms with Crippen molar-refractivity contribution in [2.75, 3.05) is 4.72 Å². The van der Waals surface area contributed by atoms with E-state index < -0.39 is 16.0 Å². The second kappa shape index (κ2) is 6.28. The SMILES string of the molecule is CCCc1ccccc1NS(=O)(=O)c1ccc(C(=O)O)s1. The van der Waals surface area contributed by atoms with Gasteiger partial charge >= 0.3 is 5.97 Å². The monoisotopic (exact) mass is 325 g/mol. The lowest BCUT2D eigenvalue weighted by Crippen LogP contribution is -2.12. The van der Waals surface area contributed by atoms with Gasteiger partial charge in [-0.3, -0.25) is 4.72 Å². The normalized spacial score (nSPS) is 11.3. The highest BCUT2D eigenvalue weighted by atomic mass is 32.2. The summed E-state index contributed by atoms with van der Waals surface area (Å²) >= 11 is 0.736. The second-order valence-electron chi connectivity index (χ2n) is 4.44. The summed E-state index contributed by atoms with van der Waals surface area (Å²) in [5, 5.41) is 8.86. The van der Waals surface area contributed by atoms with Gasteiger partial charge in [-0.2, -0.15) is 0 Å². The molecule has 0 bridgehead atoms. The minimum absolute atomic E-state index is 0.00258. The molecule has 7 heteroatoms. The van der Waals surface area contributed by atoms with Crippen LogP contribution < -0.4 is 4.72 Å². The minimum atomic E-state index is -3.76. The summed E-state index contributed by atoms with van der Waals surface area (Å²) in [6, 6.07) is 9.79. The summed E-state index contributed by atoms with van der Waals surface area (Å²) in [6.07, 6.45) is 1.67. The van der Waals surface area contributed by atoms with E-state index >= 15 is 0 Å². The molecule has 2 N–H and O–H groups in total. The van der Waals surface area contributed by atoms with Crippen LogP contribution >= 0.6 is 11.3 Å². The van der Waals surface area contributed by atoms with E-state index in [1.807, 2.05) is 19.1 Å². The molecule has 21 heavy (non-hydrogen) atoms. The van der Waals surface area contributed by atoms with Gasteiger partial charge in [0.05, 0.1) is 5.69 Å². The first-order chi connectivity index (χ1) is 9.94. The minimum Gasteiger partial charge on any atom is -0.477 e. The molecule has 0 aliphatic rings. The van der Waals surface area contributed by atoms with Crippen LogP contribution in [0, 0.1) is 0 Å². The van der Waals surface area contributed by atoms with Crippen LogP contribution in [0.15, 0.2) is 40.6 Å². The van der Waals surface area contributed by atoms with Crippen molar-refractivity contribution >= 4 is 33.0 Å². The van der Waals surface area contributed by atoms with Gasteiger partial charge in [-0.25, -0.2) is 13.2 Å². The Morgan fingerprint density at radius 2 is 1.95 bits per heavy atom. The number of carboxylic acids is 1. The van der Waals surface area contributed by atoms with Gasteiger partial charge in [0.25, 0.3) is 10.0 Å². The van der Waals surface area contributed by atoms with E-state index in [4.69, 9.17) is 5.11 Å². The quantitative estimate of drug-likeness (QED) is 0.854. The summed E-state index contributed by atoms with van der Waals surface area (Å²) in [4.78, 5) is 10.8. The van der Waals surface area contributed by atoms with E-state index in [2.05, 4.69) is 4.72 Å². The van der Waals surface area contributed by atoms with Gasteiger partial charge in [0.15, 0.2) is 0 Å². The molecule has 0 fully saturated rings. The van der Waals surface area contributed by atoms with Crippen LogP contribution in [0.2, 0.25) is 0 Å². The Bertz CT molecular complexity index is 750. The van der Waals surface area contributed by atoms with Crippen molar-refractivity contribution < 1.29 is 18.3 Å². The Morgan fingerprint density at radius 3 is 2.57 bits per heavy atom. The van der Waals surface area contributed by atoms with Gasteiger partial charge in [0.2, 0.25) is 0 Å². The first-order valence-electron chi connectivity index (χ1n) is 6.38. The van der Waals surface area contributed by atoms with Crippen molar-refractivity contribution in [2.45, 2.75) is 24.0 Å². The van der Waals surface area contributed by atoms with E-state index in [1.54, 1.807) is 12.1 Å². The molecule has 0 unspecified atom stereocenters. The molecule has 0 aliphatic carbocycles. The lowest BCUT2D eigenvalue weighted by Gasteiger charge is -2.11. The van der Waals surface area contributed by atoms with Crippen molar-refractivity contribution in [2.24, 2.45) is 0 Å².